The Morgan fingerprint density at radius 2 is 1.89 bits per heavy atom. The molecule has 5 heteroatoms. The first kappa shape index (κ1) is 13.0. The fraction of sp³-hybridized carbons (Fsp3) is 0.143. The van der Waals surface area contributed by atoms with Crippen molar-refractivity contribution in [2.75, 3.05) is 11.9 Å². The number of hydrogen-bond acceptors (Lipinski definition) is 4. The smallest absolute Gasteiger partial charge is 0.293 e. The zero-order valence-corrected chi connectivity index (χ0v) is 10.6. The van der Waals surface area contributed by atoms with Crippen molar-refractivity contribution in [1.29, 1.82) is 0 Å². The van der Waals surface area contributed by atoms with Crippen molar-refractivity contribution in [3.05, 3.63) is 64.2 Å². The second-order valence-electron chi connectivity index (χ2n) is 4.18. The number of benzene rings is 2. The lowest BCUT2D eigenvalue weighted by molar-refractivity contribution is -0.384. The molecule has 0 aromatic heterocycles. The molecular weight excluding hydrogens is 242 g/mol. The Morgan fingerprint density at radius 1 is 1.21 bits per heavy atom. The third-order valence-corrected chi connectivity index (χ3v) is 2.98. The number of nitro benzene ring substituents is 1. The van der Waals surface area contributed by atoms with Crippen LogP contribution in [0.25, 0.3) is 0 Å². The molecule has 0 saturated carbocycles. The minimum Gasteiger partial charge on any atom is -0.339 e. The molecule has 2 aromatic carbocycles. The minimum absolute atomic E-state index is 0.0642. The van der Waals surface area contributed by atoms with Crippen LogP contribution < -0.4 is 10.6 Å². The Labute approximate surface area is 111 Å². The number of nitro groups is 1. The summed E-state index contributed by atoms with van der Waals surface area (Å²) in [7, 11) is 1.81. The lowest BCUT2D eigenvalue weighted by atomic mass is 10.1. The molecule has 2 N–H and O–H groups in total. The number of anilines is 2. The van der Waals surface area contributed by atoms with Crippen LogP contribution in [0.3, 0.4) is 0 Å². The zero-order valence-electron chi connectivity index (χ0n) is 10.6. The van der Waals surface area contributed by atoms with E-state index in [1.54, 1.807) is 18.0 Å². The van der Waals surface area contributed by atoms with Gasteiger partial charge in [0.15, 0.2) is 0 Å². The van der Waals surface area contributed by atoms with Crippen molar-refractivity contribution < 1.29 is 4.92 Å². The van der Waals surface area contributed by atoms with Crippen LogP contribution in [-0.4, -0.2) is 12.0 Å². The summed E-state index contributed by atoms with van der Waals surface area (Å²) in [6, 6.07) is 14.6. The Bertz CT molecular complexity index is 584. The largest absolute Gasteiger partial charge is 0.339 e. The fourth-order valence-corrected chi connectivity index (χ4v) is 1.92. The molecule has 0 amide bonds. The predicted octanol–water partition coefficient (Wildman–Crippen LogP) is 2.82. The molecule has 0 spiro atoms. The highest BCUT2D eigenvalue weighted by atomic mass is 16.6. The number of nitrogens with zero attached hydrogens (tertiary/aromatic N) is 2. The summed E-state index contributed by atoms with van der Waals surface area (Å²) in [6.45, 7) is 0.288. The highest BCUT2D eigenvalue weighted by molar-refractivity contribution is 5.72. The standard InChI is InChI=1S/C14H15N3O2/c1-16(12-5-3-2-4-6-12)13-8-7-11(10-15)9-14(13)17(18)19/h2-9H,10,15H2,1H3. The van der Waals surface area contributed by atoms with Crippen molar-refractivity contribution in [1.82, 2.24) is 0 Å². The van der Waals surface area contributed by atoms with Gasteiger partial charge >= 0.3 is 0 Å². The molecule has 2 rings (SSSR count). The zero-order chi connectivity index (χ0) is 13.8. The summed E-state index contributed by atoms with van der Waals surface area (Å²) in [5.41, 5.74) is 7.78. The van der Waals surface area contributed by atoms with E-state index in [4.69, 9.17) is 5.73 Å². The average molecular weight is 257 g/mol. The molecule has 19 heavy (non-hydrogen) atoms. The molecule has 98 valence electrons. The van der Waals surface area contributed by atoms with Gasteiger partial charge in [-0.25, -0.2) is 0 Å². The van der Waals surface area contributed by atoms with Crippen molar-refractivity contribution >= 4 is 17.1 Å². The second-order valence-corrected chi connectivity index (χ2v) is 4.18. The van der Waals surface area contributed by atoms with E-state index in [-0.39, 0.29) is 17.2 Å². The summed E-state index contributed by atoms with van der Waals surface area (Å²) in [4.78, 5) is 12.6. The summed E-state index contributed by atoms with van der Waals surface area (Å²) >= 11 is 0. The molecule has 0 aliphatic heterocycles. The van der Waals surface area contributed by atoms with Crippen LogP contribution in [0.15, 0.2) is 48.5 Å². The van der Waals surface area contributed by atoms with Gasteiger partial charge in [0.25, 0.3) is 5.69 Å². The van der Waals surface area contributed by atoms with Gasteiger partial charge in [-0.2, -0.15) is 0 Å². The van der Waals surface area contributed by atoms with Crippen LogP contribution in [-0.2, 0) is 6.54 Å². The molecule has 0 saturated heterocycles. The molecule has 5 nitrogen and oxygen atoms in total. The first-order chi connectivity index (χ1) is 9.13. The van der Waals surface area contributed by atoms with Crippen LogP contribution in [0.4, 0.5) is 17.1 Å². The van der Waals surface area contributed by atoms with Gasteiger partial charge in [-0.1, -0.05) is 24.3 Å². The SMILES string of the molecule is CN(c1ccccc1)c1ccc(CN)cc1[N+](=O)[O-]. The van der Waals surface area contributed by atoms with E-state index in [9.17, 15) is 10.1 Å². The number of nitrogens with two attached hydrogens (primary N) is 1. The minimum atomic E-state index is -0.381. The van der Waals surface area contributed by atoms with E-state index in [0.717, 1.165) is 11.3 Å². The molecule has 0 atom stereocenters. The molecule has 0 unspecified atom stereocenters. The van der Waals surface area contributed by atoms with Crippen LogP contribution >= 0.6 is 0 Å². The Balaban J connectivity index is 2.47. The maximum Gasteiger partial charge on any atom is 0.293 e. The first-order valence-corrected chi connectivity index (χ1v) is 5.89. The van der Waals surface area contributed by atoms with Gasteiger partial charge < -0.3 is 10.6 Å². The van der Waals surface area contributed by atoms with Gasteiger partial charge in [-0.05, 0) is 23.8 Å². The van der Waals surface area contributed by atoms with Gasteiger partial charge in [0.2, 0.25) is 0 Å². The Hall–Kier alpha value is -2.40. The highest BCUT2D eigenvalue weighted by Crippen LogP contribution is 2.32. The van der Waals surface area contributed by atoms with Gasteiger partial charge in [-0.15, -0.1) is 0 Å². The predicted molar refractivity (Wildman–Crippen MR) is 75.5 cm³/mol. The molecule has 0 aliphatic carbocycles. The fourth-order valence-electron chi connectivity index (χ4n) is 1.92. The van der Waals surface area contributed by atoms with Gasteiger partial charge in [0.1, 0.15) is 5.69 Å². The van der Waals surface area contributed by atoms with Gasteiger partial charge in [0, 0.05) is 25.3 Å². The molecule has 2 aromatic rings. The van der Waals surface area contributed by atoms with E-state index >= 15 is 0 Å². The maximum atomic E-state index is 11.2. The van der Waals surface area contributed by atoms with E-state index < -0.39 is 0 Å². The molecule has 0 radical (unpaired) electrons. The second kappa shape index (κ2) is 5.49. The lowest BCUT2D eigenvalue weighted by Crippen LogP contribution is -2.12. The quantitative estimate of drug-likeness (QED) is 0.675. The lowest BCUT2D eigenvalue weighted by Gasteiger charge is -2.19. The van der Waals surface area contributed by atoms with Crippen LogP contribution in [0.2, 0.25) is 0 Å². The van der Waals surface area contributed by atoms with Gasteiger partial charge in [0.05, 0.1) is 4.92 Å². The van der Waals surface area contributed by atoms with Crippen molar-refractivity contribution in [3.8, 4) is 0 Å². The summed E-state index contributed by atoms with van der Waals surface area (Å²) < 4.78 is 0. The van der Waals surface area contributed by atoms with E-state index in [0.29, 0.717) is 5.69 Å². The Morgan fingerprint density at radius 3 is 2.47 bits per heavy atom. The van der Waals surface area contributed by atoms with Crippen molar-refractivity contribution in [2.24, 2.45) is 5.73 Å². The average Bonchev–Trinajstić information content (AvgIpc) is 2.46. The third kappa shape index (κ3) is 2.71. The van der Waals surface area contributed by atoms with Crippen LogP contribution in [0.1, 0.15) is 5.56 Å². The summed E-state index contributed by atoms with van der Waals surface area (Å²) in [5.74, 6) is 0. The van der Waals surface area contributed by atoms with E-state index in [1.165, 1.54) is 6.07 Å². The highest BCUT2D eigenvalue weighted by Gasteiger charge is 2.18. The molecule has 0 fully saturated rings. The summed E-state index contributed by atoms with van der Waals surface area (Å²) in [5, 5.41) is 11.2. The summed E-state index contributed by atoms with van der Waals surface area (Å²) in [6.07, 6.45) is 0. The topological polar surface area (TPSA) is 72.4 Å². The maximum absolute atomic E-state index is 11.2. The third-order valence-electron chi connectivity index (χ3n) is 2.98. The molecule has 0 heterocycles. The number of rotatable bonds is 4. The van der Waals surface area contributed by atoms with Crippen LogP contribution in [0, 0.1) is 10.1 Å². The molecule has 0 bridgehead atoms. The van der Waals surface area contributed by atoms with Crippen molar-refractivity contribution in [2.45, 2.75) is 6.54 Å². The van der Waals surface area contributed by atoms with Crippen LogP contribution in [0.5, 0.6) is 0 Å². The van der Waals surface area contributed by atoms with Gasteiger partial charge in [-0.3, -0.25) is 10.1 Å². The normalized spacial score (nSPS) is 10.2. The number of para-hydroxylation sites is 1. The van der Waals surface area contributed by atoms with Crippen molar-refractivity contribution in [3.63, 3.8) is 0 Å². The molecule has 0 aliphatic rings. The van der Waals surface area contributed by atoms with E-state index in [2.05, 4.69) is 0 Å². The number of hydrogen-bond donors (Lipinski definition) is 1. The van der Waals surface area contributed by atoms with E-state index in [1.807, 2.05) is 36.4 Å². The molecular formula is C14H15N3O2. The first-order valence-electron chi connectivity index (χ1n) is 5.89. The monoisotopic (exact) mass is 257 g/mol. The Kier molecular flexibility index (Phi) is 3.77.